The van der Waals surface area contributed by atoms with Crippen LogP contribution >= 0.6 is 15.9 Å². The molecule has 1 aromatic rings. The lowest BCUT2D eigenvalue weighted by atomic mass is 10.0. The first-order valence-electron chi connectivity index (χ1n) is 3.85. The van der Waals surface area contributed by atoms with Gasteiger partial charge >= 0.3 is 5.69 Å². The average molecular weight is 260 g/mol. The van der Waals surface area contributed by atoms with Crippen molar-refractivity contribution in [3.8, 4) is 0 Å². The summed E-state index contributed by atoms with van der Waals surface area (Å²) in [5, 5.41) is 22.9. The van der Waals surface area contributed by atoms with Crippen molar-refractivity contribution in [3.05, 3.63) is 14.7 Å². The molecule has 74 valence electrons. The summed E-state index contributed by atoms with van der Waals surface area (Å²) in [6.07, 6.45) is 0.454. The van der Waals surface area contributed by atoms with Crippen molar-refractivity contribution in [3.63, 3.8) is 0 Å². The van der Waals surface area contributed by atoms with Crippen molar-refractivity contribution in [1.29, 1.82) is 0 Å². The molecule has 0 amide bonds. The van der Waals surface area contributed by atoms with E-state index in [1.165, 1.54) is 4.68 Å². The summed E-state index contributed by atoms with van der Waals surface area (Å²) in [6.45, 7) is 0.347. The second kappa shape index (κ2) is 4.56. The van der Waals surface area contributed by atoms with Crippen LogP contribution in [0.15, 0.2) is 4.60 Å². The van der Waals surface area contributed by atoms with Crippen LogP contribution in [0.5, 0.6) is 0 Å². The number of aromatic nitrogens is 2. The molecule has 0 aliphatic heterocycles. The van der Waals surface area contributed by atoms with Gasteiger partial charge in [-0.1, -0.05) is 0 Å². The highest BCUT2D eigenvalue weighted by atomic mass is 79.9. The summed E-state index contributed by atoms with van der Waals surface area (Å²) < 4.78 is 1.40. The molecule has 0 fully saturated rings. The molecular formula is C6H7BBrN3O3. The Labute approximate surface area is 89.6 Å². The number of nitrogens with zero attached hydrogens (tertiary/aromatic N) is 3. The van der Waals surface area contributed by atoms with Gasteiger partial charge in [-0.05, 0) is 22.4 Å². The molecule has 0 aromatic carbocycles. The van der Waals surface area contributed by atoms with E-state index in [-0.39, 0.29) is 22.5 Å². The molecule has 1 heterocycles. The molecule has 8 heteroatoms. The molecule has 2 radical (unpaired) electrons. The van der Waals surface area contributed by atoms with Gasteiger partial charge in [-0.3, -0.25) is 14.8 Å². The largest absolute Gasteiger partial charge is 0.396 e. The van der Waals surface area contributed by atoms with Gasteiger partial charge in [-0.25, -0.2) is 0 Å². The molecule has 0 spiro atoms. The third kappa shape index (κ3) is 2.13. The predicted octanol–water partition coefficient (Wildman–Crippen LogP) is -0.270. The average Bonchev–Trinajstić information content (AvgIpc) is 2.38. The molecule has 0 aliphatic rings. The quantitative estimate of drug-likeness (QED) is 0.459. The third-order valence-corrected chi connectivity index (χ3v) is 2.17. The predicted molar refractivity (Wildman–Crippen MR) is 53.7 cm³/mol. The zero-order valence-electron chi connectivity index (χ0n) is 7.18. The van der Waals surface area contributed by atoms with Crippen molar-refractivity contribution >= 4 is 35.1 Å². The van der Waals surface area contributed by atoms with E-state index in [0.717, 1.165) is 0 Å². The molecule has 14 heavy (non-hydrogen) atoms. The Kier molecular flexibility index (Phi) is 3.65. The van der Waals surface area contributed by atoms with Gasteiger partial charge in [0.1, 0.15) is 0 Å². The number of aryl methyl sites for hydroxylation is 1. The molecule has 0 saturated carbocycles. The molecule has 1 rings (SSSR count). The lowest BCUT2D eigenvalue weighted by molar-refractivity contribution is -0.384. The fraction of sp³-hybridized carbons (Fsp3) is 0.500. The van der Waals surface area contributed by atoms with E-state index < -0.39 is 4.92 Å². The molecular weight excluding hydrogens is 253 g/mol. The van der Waals surface area contributed by atoms with Gasteiger partial charge in [0.05, 0.1) is 10.5 Å². The van der Waals surface area contributed by atoms with Gasteiger partial charge in [0.15, 0.2) is 7.85 Å². The van der Waals surface area contributed by atoms with Gasteiger partial charge in [-0.15, -0.1) is 0 Å². The maximum absolute atomic E-state index is 10.5. The Hall–Kier alpha value is -0.885. The summed E-state index contributed by atoms with van der Waals surface area (Å²) in [5.74, 6) is 0. The van der Waals surface area contributed by atoms with Gasteiger partial charge in [-0.2, -0.15) is 5.10 Å². The Morgan fingerprint density at radius 1 is 1.71 bits per heavy atom. The molecule has 1 N–H and O–H groups in total. The summed E-state index contributed by atoms with van der Waals surface area (Å²) >= 11 is 2.94. The molecule has 0 atom stereocenters. The highest BCUT2D eigenvalue weighted by Gasteiger charge is 2.21. The molecule has 1 aromatic heterocycles. The smallest absolute Gasteiger partial charge is 0.313 e. The van der Waals surface area contributed by atoms with Crippen molar-refractivity contribution in [2.45, 2.75) is 13.0 Å². The lowest BCUT2D eigenvalue weighted by Gasteiger charge is -2.00. The summed E-state index contributed by atoms with van der Waals surface area (Å²) in [4.78, 5) is 9.93. The van der Waals surface area contributed by atoms with Gasteiger partial charge in [0.2, 0.25) is 4.60 Å². The van der Waals surface area contributed by atoms with Gasteiger partial charge in [0.25, 0.3) is 0 Å². The minimum atomic E-state index is -0.595. The monoisotopic (exact) mass is 259 g/mol. The van der Waals surface area contributed by atoms with Crippen LogP contribution in [0.3, 0.4) is 0 Å². The Bertz CT molecular complexity index is 354. The molecule has 0 unspecified atom stereocenters. The summed E-state index contributed by atoms with van der Waals surface area (Å²) in [7, 11) is 5.49. The lowest BCUT2D eigenvalue weighted by Crippen LogP contribution is -2.21. The number of nitro groups is 1. The van der Waals surface area contributed by atoms with Crippen LogP contribution in [-0.2, 0) is 6.54 Å². The fourth-order valence-corrected chi connectivity index (χ4v) is 1.53. The van der Waals surface area contributed by atoms with Crippen LogP contribution in [0, 0.1) is 10.1 Å². The minimum absolute atomic E-state index is 0.00433. The van der Waals surface area contributed by atoms with Crippen LogP contribution in [-0.4, -0.2) is 34.3 Å². The van der Waals surface area contributed by atoms with Crippen LogP contribution in [0.25, 0.3) is 0 Å². The Morgan fingerprint density at radius 2 is 2.36 bits per heavy atom. The summed E-state index contributed by atoms with van der Waals surface area (Å²) in [6, 6.07) is 0. The highest BCUT2D eigenvalue weighted by molar-refractivity contribution is 9.10. The maximum Gasteiger partial charge on any atom is 0.313 e. The number of halogens is 1. The molecule has 6 nitrogen and oxygen atoms in total. The Morgan fingerprint density at radius 3 is 2.79 bits per heavy atom. The van der Waals surface area contributed by atoms with Crippen LogP contribution in [0.1, 0.15) is 6.42 Å². The van der Waals surface area contributed by atoms with Crippen molar-refractivity contribution in [1.82, 2.24) is 9.78 Å². The fourth-order valence-electron chi connectivity index (χ4n) is 0.995. The van der Waals surface area contributed by atoms with Crippen molar-refractivity contribution < 1.29 is 10.0 Å². The van der Waals surface area contributed by atoms with E-state index in [2.05, 4.69) is 21.0 Å². The number of hydrogen-bond acceptors (Lipinski definition) is 4. The third-order valence-electron chi connectivity index (χ3n) is 1.64. The van der Waals surface area contributed by atoms with Gasteiger partial charge < -0.3 is 5.11 Å². The second-order valence-corrected chi connectivity index (χ2v) is 3.33. The van der Waals surface area contributed by atoms with Crippen LogP contribution < -0.4 is 5.59 Å². The standard InChI is InChI=1S/C6H7BBrN3O3/c7-5-4(11(13)14)6(8)9-10(5)2-1-3-12/h12H,1-3H2. The van der Waals surface area contributed by atoms with Crippen LogP contribution in [0.4, 0.5) is 5.69 Å². The van der Waals surface area contributed by atoms with E-state index in [9.17, 15) is 10.1 Å². The normalized spacial score (nSPS) is 10.4. The SMILES string of the molecule is [B]c1c([N+](=O)[O-])c(Br)nn1CCCO. The van der Waals surface area contributed by atoms with E-state index in [4.69, 9.17) is 13.0 Å². The topological polar surface area (TPSA) is 81.2 Å². The van der Waals surface area contributed by atoms with E-state index in [0.29, 0.717) is 13.0 Å². The van der Waals surface area contributed by atoms with Crippen molar-refractivity contribution in [2.75, 3.05) is 6.61 Å². The number of rotatable bonds is 4. The first-order chi connectivity index (χ1) is 6.57. The second-order valence-electron chi connectivity index (χ2n) is 2.58. The summed E-state index contributed by atoms with van der Waals surface area (Å²) in [5.41, 5.74) is -0.238. The molecule has 0 saturated heterocycles. The van der Waals surface area contributed by atoms with Crippen molar-refractivity contribution in [2.24, 2.45) is 0 Å². The highest BCUT2D eigenvalue weighted by Crippen LogP contribution is 2.19. The van der Waals surface area contributed by atoms with E-state index in [1.54, 1.807) is 0 Å². The number of hydrogen-bond donors (Lipinski definition) is 1. The Balaban J connectivity index is 2.98. The molecule has 0 bridgehead atoms. The number of aliphatic hydroxyl groups excluding tert-OH is 1. The van der Waals surface area contributed by atoms with Gasteiger partial charge in [0, 0.05) is 13.2 Å². The van der Waals surface area contributed by atoms with Crippen LogP contribution in [0.2, 0.25) is 0 Å². The number of aliphatic hydroxyl groups is 1. The minimum Gasteiger partial charge on any atom is -0.396 e. The zero-order chi connectivity index (χ0) is 10.7. The molecule has 0 aliphatic carbocycles. The van der Waals surface area contributed by atoms with E-state index in [1.807, 2.05) is 0 Å². The first kappa shape index (κ1) is 11.2. The zero-order valence-corrected chi connectivity index (χ0v) is 8.77. The van der Waals surface area contributed by atoms with E-state index >= 15 is 0 Å². The first-order valence-corrected chi connectivity index (χ1v) is 4.64. The maximum atomic E-state index is 10.5.